The summed E-state index contributed by atoms with van der Waals surface area (Å²) in [5.41, 5.74) is 1.07. The number of pyridine rings is 1. The number of hydrogen-bond donors (Lipinski definition) is 1. The Hall–Kier alpha value is -1.78. The van der Waals surface area contributed by atoms with Crippen LogP contribution in [0.4, 0.5) is 0 Å². The van der Waals surface area contributed by atoms with E-state index >= 15 is 0 Å². The summed E-state index contributed by atoms with van der Waals surface area (Å²) in [6.45, 7) is 8.23. The number of hydrogen-bond acceptors (Lipinski definition) is 4. The van der Waals surface area contributed by atoms with E-state index in [0.717, 1.165) is 5.56 Å². The smallest absolute Gasteiger partial charge is 0.290 e. The molecule has 0 aliphatic heterocycles. The van der Waals surface area contributed by atoms with E-state index < -0.39 is 0 Å². The van der Waals surface area contributed by atoms with Gasteiger partial charge in [-0.1, -0.05) is 13.8 Å². The topological polar surface area (TPSA) is 68.7 Å². The van der Waals surface area contributed by atoms with Gasteiger partial charge in [0.05, 0.1) is 13.7 Å². The summed E-state index contributed by atoms with van der Waals surface area (Å²) < 4.78 is 10.3. The Morgan fingerprint density at radius 3 is 2.41 bits per heavy atom. The molecular weight excluding hydrogens is 222 g/mol. The molecule has 1 rings (SSSR count). The Bertz CT molecular complexity index is 303. The zero-order valence-corrected chi connectivity index (χ0v) is 11.1. The zero-order valence-electron chi connectivity index (χ0n) is 11.1. The predicted octanol–water partition coefficient (Wildman–Crippen LogP) is 2.52. The Morgan fingerprint density at radius 2 is 2.00 bits per heavy atom. The summed E-state index contributed by atoms with van der Waals surface area (Å²) in [7, 11) is 1.61. The molecule has 5 nitrogen and oxygen atoms in total. The molecule has 98 valence electrons. The minimum Gasteiger partial charge on any atom is -0.491 e. The Balaban J connectivity index is 0. The van der Waals surface area contributed by atoms with Gasteiger partial charge >= 0.3 is 0 Å². The molecule has 0 aromatic carbocycles. The van der Waals surface area contributed by atoms with Gasteiger partial charge in [-0.25, -0.2) is 4.98 Å². The molecule has 0 radical (unpaired) electrons. The van der Waals surface area contributed by atoms with Crippen LogP contribution in [0.25, 0.3) is 0 Å². The molecule has 1 N–H and O–H groups in total. The number of ether oxygens (including phenoxy) is 2. The second kappa shape index (κ2) is 12.3. The van der Waals surface area contributed by atoms with Crippen LogP contribution in [-0.4, -0.2) is 30.3 Å². The van der Waals surface area contributed by atoms with Crippen LogP contribution in [0.1, 0.15) is 26.3 Å². The van der Waals surface area contributed by atoms with E-state index in [0.29, 0.717) is 18.2 Å². The van der Waals surface area contributed by atoms with Crippen LogP contribution in [0.2, 0.25) is 0 Å². The molecule has 0 spiro atoms. The SMILES string of the molecule is CC.CCOc1ncc(C)cc1OC.O=CO. The zero-order chi connectivity index (χ0) is 13.7. The van der Waals surface area contributed by atoms with Crippen molar-refractivity contribution >= 4 is 6.47 Å². The highest BCUT2D eigenvalue weighted by Gasteiger charge is 2.03. The number of nitrogens with zero attached hydrogens (tertiary/aromatic N) is 1. The van der Waals surface area contributed by atoms with Crippen LogP contribution in [0.3, 0.4) is 0 Å². The largest absolute Gasteiger partial charge is 0.491 e. The monoisotopic (exact) mass is 243 g/mol. The molecule has 0 bridgehead atoms. The van der Waals surface area contributed by atoms with Crippen molar-refractivity contribution in [1.29, 1.82) is 0 Å². The van der Waals surface area contributed by atoms with E-state index in [4.69, 9.17) is 19.4 Å². The van der Waals surface area contributed by atoms with Gasteiger partial charge in [0.25, 0.3) is 12.4 Å². The fraction of sp³-hybridized carbons (Fsp3) is 0.500. The van der Waals surface area contributed by atoms with Gasteiger partial charge < -0.3 is 14.6 Å². The van der Waals surface area contributed by atoms with Crippen LogP contribution in [0.5, 0.6) is 11.6 Å². The van der Waals surface area contributed by atoms with E-state index in [1.54, 1.807) is 13.3 Å². The number of carboxylic acid groups (broad SMARTS) is 1. The first-order chi connectivity index (χ1) is 8.19. The summed E-state index contributed by atoms with van der Waals surface area (Å²) in [5.74, 6) is 1.25. The number of methoxy groups -OCH3 is 1. The summed E-state index contributed by atoms with van der Waals surface area (Å²) in [4.78, 5) is 12.5. The maximum atomic E-state index is 8.36. The first-order valence-electron chi connectivity index (χ1n) is 5.40. The van der Waals surface area contributed by atoms with E-state index in [9.17, 15) is 0 Å². The molecule has 17 heavy (non-hydrogen) atoms. The van der Waals surface area contributed by atoms with Gasteiger partial charge in [-0.05, 0) is 25.5 Å². The summed E-state index contributed by atoms with van der Waals surface area (Å²) in [5, 5.41) is 6.89. The number of aromatic nitrogens is 1. The van der Waals surface area contributed by atoms with Crippen molar-refractivity contribution in [3.8, 4) is 11.6 Å². The maximum Gasteiger partial charge on any atom is 0.290 e. The van der Waals surface area contributed by atoms with Gasteiger partial charge in [-0.3, -0.25) is 4.79 Å². The van der Waals surface area contributed by atoms with Crippen LogP contribution in [-0.2, 0) is 4.79 Å². The third-order valence-electron chi connectivity index (χ3n) is 1.46. The second-order valence-corrected chi connectivity index (χ2v) is 2.56. The molecule has 0 fully saturated rings. The van der Waals surface area contributed by atoms with E-state index in [1.807, 2.05) is 33.8 Å². The minimum absolute atomic E-state index is 0.250. The predicted molar refractivity (Wildman–Crippen MR) is 66.7 cm³/mol. The molecule has 1 aromatic heterocycles. The standard InChI is InChI=1S/C9H13NO2.C2H6.CH2O2/c1-4-12-9-8(11-3)5-7(2)6-10-9;1-2;2-1-3/h5-6H,4H2,1-3H3;1-2H3;1H,(H,2,3). The van der Waals surface area contributed by atoms with Gasteiger partial charge in [0.1, 0.15) is 0 Å². The Labute approximate surface area is 102 Å². The molecular formula is C12H21NO4. The quantitative estimate of drug-likeness (QED) is 0.826. The molecule has 1 heterocycles. The average Bonchev–Trinajstić information content (AvgIpc) is 2.35. The van der Waals surface area contributed by atoms with Crippen molar-refractivity contribution in [1.82, 2.24) is 4.98 Å². The lowest BCUT2D eigenvalue weighted by atomic mass is 10.3. The second-order valence-electron chi connectivity index (χ2n) is 2.56. The highest BCUT2D eigenvalue weighted by atomic mass is 16.5. The number of aryl methyl sites for hydroxylation is 1. The third kappa shape index (κ3) is 8.07. The molecule has 0 saturated carbocycles. The van der Waals surface area contributed by atoms with Gasteiger partial charge in [0.2, 0.25) is 0 Å². The van der Waals surface area contributed by atoms with E-state index in [2.05, 4.69) is 4.98 Å². The van der Waals surface area contributed by atoms with Crippen molar-refractivity contribution in [3.63, 3.8) is 0 Å². The van der Waals surface area contributed by atoms with Crippen molar-refractivity contribution < 1.29 is 19.4 Å². The lowest BCUT2D eigenvalue weighted by Gasteiger charge is -2.07. The highest BCUT2D eigenvalue weighted by molar-refractivity contribution is 5.35. The van der Waals surface area contributed by atoms with Gasteiger partial charge in [0.15, 0.2) is 5.75 Å². The lowest BCUT2D eigenvalue weighted by molar-refractivity contribution is -0.122. The van der Waals surface area contributed by atoms with Crippen molar-refractivity contribution in [3.05, 3.63) is 17.8 Å². The molecule has 1 aromatic rings. The molecule has 0 amide bonds. The minimum atomic E-state index is -0.250. The maximum absolute atomic E-state index is 8.36. The summed E-state index contributed by atoms with van der Waals surface area (Å²) in [6, 6.07) is 1.90. The normalized spacial score (nSPS) is 7.82. The Morgan fingerprint density at radius 1 is 1.47 bits per heavy atom. The van der Waals surface area contributed by atoms with E-state index in [-0.39, 0.29) is 6.47 Å². The Kier molecular flexibility index (Phi) is 12.7. The molecule has 0 aliphatic carbocycles. The van der Waals surface area contributed by atoms with Crippen molar-refractivity contribution in [2.24, 2.45) is 0 Å². The molecule has 0 aliphatic rings. The van der Waals surface area contributed by atoms with Crippen molar-refractivity contribution in [2.45, 2.75) is 27.7 Å². The van der Waals surface area contributed by atoms with Crippen LogP contribution in [0.15, 0.2) is 12.3 Å². The molecule has 5 heteroatoms. The first kappa shape index (κ1) is 17.6. The van der Waals surface area contributed by atoms with Crippen molar-refractivity contribution in [2.75, 3.05) is 13.7 Å². The highest BCUT2D eigenvalue weighted by Crippen LogP contribution is 2.24. The summed E-state index contributed by atoms with van der Waals surface area (Å²) in [6.07, 6.45) is 1.76. The van der Waals surface area contributed by atoms with Crippen LogP contribution >= 0.6 is 0 Å². The third-order valence-corrected chi connectivity index (χ3v) is 1.46. The fourth-order valence-corrected chi connectivity index (χ4v) is 0.921. The van der Waals surface area contributed by atoms with Gasteiger partial charge in [0, 0.05) is 6.20 Å². The lowest BCUT2D eigenvalue weighted by Crippen LogP contribution is -1.97. The average molecular weight is 243 g/mol. The first-order valence-corrected chi connectivity index (χ1v) is 5.40. The fourth-order valence-electron chi connectivity index (χ4n) is 0.921. The van der Waals surface area contributed by atoms with Gasteiger partial charge in [-0.2, -0.15) is 0 Å². The number of carbonyl (C=O) groups is 1. The molecule has 0 saturated heterocycles. The number of rotatable bonds is 3. The van der Waals surface area contributed by atoms with Crippen LogP contribution < -0.4 is 9.47 Å². The van der Waals surface area contributed by atoms with Gasteiger partial charge in [-0.15, -0.1) is 0 Å². The molecule has 0 atom stereocenters. The summed E-state index contributed by atoms with van der Waals surface area (Å²) >= 11 is 0. The van der Waals surface area contributed by atoms with Crippen LogP contribution in [0, 0.1) is 6.92 Å². The molecule has 0 unspecified atom stereocenters. The van der Waals surface area contributed by atoms with E-state index in [1.165, 1.54) is 0 Å².